The quantitative estimate of drug-likeness (QED) is 0.750. The third-order valence-corrected chi connectivity index (χ3v) is 4.11. The molecule has 0 radical (unpaired) electrons. The zero-order valence-electron chi connectivity index (χ0n) is 13.3. The van der Waals surface area contributed by atoms with Crippen LogP contribution in [0.5, 0.6) is 0 Å². The zero-order chi connectivity index (χ0) is 15.8. The van der Waals surface area contributed by atoms with Crippen molar-refractivity contribution in [3.8, 4) is 0 Å². The predicted molar refractivity (Wildman–Crippen MR) is 87.6 cm³/mol. The minimum atomic E-state index is -0.123. The van der Waals surface area contributed by atoms with Crippen LogP contribution in [0.2, 0.25) is 0 Å². The largest absolute Gasteiger partial charge is 0.396 e. The van der Waals surface area contributed by atoms with E-state index in [2.05, 4.69) is 39.8 Å². The number of piperidine rings is 1. The molecule has 0 aromatic heterocycles. The van der Waals surface area contributed by atoms with Crippen molar-refractivity contribution in [2.75, 3.05) is 19.7 Å². The molecular weight excluding hydrogens is 278 g/mol. The van der Waals surface area contributed by atoms with Crippen LogP contribution in [0.25, 0.3) is 0 Å². The number of likely N-dealkylation sites (tertiary alicyclic amines) is 1. The van der Waals surface area contributed by atoms with Gasteiger partial charge in [-0.15, -0.1) is 0 Å². The number of aliphatic hydroxyl groups excluding tert-OH is 1. The molecule has 1 aromatic rings. The molecule has 1 saturated heterocycles. The lowest BCUT2D eigenvalue weighted by molar-refractivity contribution is 0.185. The first-order valence-corrected chi connectivity index (χ1v) is 8.11. The number of carbonyl (C=O) groups excluding carboxylic acids is 1. The maximum absolute atomic E-state index is 11.9. The van der Waals surface area contributed by atoms with E-state index in [1.165, 1.54) is 5.56 Å². The fourth-order valence-corrected chi connectivity index (χ4v) is 2.79. The maximum Gasteiger partial charge on any atom is 0.315 e. The monoisotopic (exact) mass is 305 g/mol. The highest BCUT2D eigenvalue weighted by Gasteiger charge is 2.21. The number of hydrogen-bond acceptors (Lipinski definition) is 3. The van der Waals surface area contributed by atoms with Crippen LogP contribution < -0.4 is 10.6 Å². The van der Waals surface area contributed by atoms with Gasteiger partial charge in [-0.1, -0.05) is 30.3 Å². The molecule has 0 unspecified atom stereocenters. The standard InChI is InChI=1S/C17H27N3O2/c1-14(9-12-21)18-17(22)19-16-7-10-20(11-8-16)13-15-5-3-2-4-6-15/h2-6,14,16,21H,7-13H2,1H3,(H2,18,19,22)/t14-/m1/s1. The lowest BCUT2D eigenvalue weighted by Crippen LogP contribution is -2.49. The van der Waals surface area contributed by atoms with E-state index in [4.69, 9.17) is 5.11 Å². The van der Waals surface area contributed by atoms with Crippen LogP contribution >= 0.6 is 0 Å². The van der Waals surface area contributed by atoms with Gasteiger partial charge in [-0.3, -0.25) is 4.90 Å². The van der Waals surface area contributed by atoms with Gasteiger partial charge >= 0.3 is 6.03 Å². The molecule has 1 aliphatic heterocycles. The summed E-state index contributed by atoms with van der Waals surface area (Å²) in [6.45, 7) is 4.99. The summed E-state index contributed by atoms with van der Waals surface area (Å²) in [4.78, 5) is 14.3. The molecule has 2 rings (SSSR count). The van der Waals surface area contributed by atoms with Crippen molar-refractivity contribution in [2.45, 2.75) is 44.8 Å². The molecule has 0 aliphatic carbocycles. The van der Waals surface area contributed by atoms with Gasteiger partial charge in [-0.25, -0.2) is 4.79 Å². The second-order valence-corrected chi connectivity index (χ2v) is 6.07. The summed E-state index contributed by atoms with van der Waals surface area (Å²) in [5.74, 6) is 0. The minimum Gasteiger partial charge on any atom is -0.396 e. The Balaban J connectivity index is 1.67. The van der Waals surface area contributed by atoms with Gasteiger partial charge in [0.25, 0.3) is 0 Å². The SMILES string of the molecule is C[C@H](CCO)NC(=O)NC1CCN(Cc2ccccc2)CC1. The molecule has 5 nitrogen and oxygen atoms in total. The van der Waals surface area contributed by atoms with Crippen molar-refractivity contribution in [3.05, 3.63) is 35.9 Å². The number of urea groups is 1. The highest BCUT2D eigenvalue weighted by molar-refractivity contribution is 5.74. The predicted octanol–water partition coefficient (Wildman–Crippen LogP) is 1.72. The van der Waals surface area contributed by atoms with Gasteiger partial charge < -0.3 is 15.7 Å². The number of aliphatic hydroxyl groups is 1. The van der Waals surface area contributed by atoms with Crippen LogP contribution in [0, 0.1) is 0 Å². The van der Waals surface area contributed by atoms with Crippen molar-refractivity contribution in [2.24, 2.45) is 0 Å². The molecule has 2 amide bonds. The average Bonchev–Trinajstić information content (AvgIpc) is 2.50. The van der Waals surface area contributed by atoms with E-state index in [-0.39, 0.29) is 24.7 Å². The number of nitrogens with one attached hydrogen (secondary N) is 2. The van der Waals surface area contributed by atoms with E-state index < -0.39 is 0 Å². The molecule has 5 heteroatoms. The number of benzene rings is 1. The highest BCUT2D eigenvalue weighted by atomic mass is 16.3. The third kappa shape index (κ3) is 5.66. The molecule has 0 spiro atoms. The molecule has 3 N–H and O–H groups in total. The van der Waals surface area contributed by atoms with E-state index >= 15 is 0 Å². The van der Waals surface area contributed by atoms with Crippen LogP contribution in [0.1, 0.15) is 31.7 Å². The smallest absolute Gasteiger partial charge is 0.315 e. The Morgan fingerprint density at radius 3 is 2.64 bits per heavy atom. The third-order valence-electron chi connectivity index (χ3n) is 4.11. The Bertz CT molecular complexity index is 444. The number of amides is 2. The summed E-state index contributed by atoms with van der Waals surface area (Å²) in [6.07, 6.45) is 2.55. The maximum atomic E-state index is 11.9. The van der Waals surface area contributed by atoms with Gasteiger partial charge in [0, 0.05) is 38.3 Å². The van der Waals surface area contributed by atoms with Gasteiger partial charge in [0.2, 0.25) is 0 Å². The normalized spacial score (nSPS) is 17.9. The van der Waals surface area contributed by atoms with Gasteiger partial charge in [-0.2, -0.15) is 0 Å². The first-order valence-electron chi connectivity index (χ1n) is 8.11. The molecule has 1 heterocycles. The Hall–Kier alpha value is -1.59. The Kier molecular flexibility index (Phi) is 6.68. The Morgan fingerprint density at radius 1 is 1.32 bits per heavy atom. The van der Waals surface area contributed by atoms with Crippen molar-refractivity contribution < 1.29 is 9.90 Å². The molecule has 0 bridgehead atoms. The van der Waals surface area contributed by atoms with Crippen LogP contribution in [0.15, 0.2) is 30.3 Å². The Morgan fingerprint density at radius 2 is 2.00 bits per heavy atom. The molecule has 1 aliphatic rings. The van der Waals surface area contributed by atoms with Crippen LogP contribution in [0.3, 0.4) is 0 Å². The van der Waals surface area contributed by atoms with E-state index in [1.54, 1.807) is 0 Å². The molecule has 1 aromatic carbocycles. The van der Waals surface area contributed by atoms with Crippen molar-refractivity contribution >= 4 is 6.03 Å². The molecule has 122 valence electrons. The Labute approximate surface area is 132 Å². The molecule has 22 heavy (non-hydrogen) atoms. The van der Waals surface area contributed by atoms with E-state index in [1.807, 2.05) is 13.0 Å². The number of carbonyl (C=O) groups is 1. The number of hydrogen-bond donors (Lipinski definition) is 3. The summed E-state index contributed by atoms with van der Waals surface area (Å²) in [7, 11) is 0. The first-order chi connectivity index (χ1) is 10.7. The molecule has 1 fully saturated rings. The van der Waals surface area contributed by atoms with Gasteiger partial charge in [0.15, 0.2) is 0 Å². The second-order valence-electron chi connectivity index (χ2n) is 6.07. The summed E-state index contributed by atoms with van der Waals surface area (Å²) < 4.78 is 0. The van der Waals surface area contributed by atoms with Crippen molar-refractivity contribution in [1.29, 1.82) is 0 Å². The average molecular weight is 305 g/mol. The van der Waals surface area contributed by atoms with Crippen LogP contribution in [-0.2, 0) is 6.54 Å². The summed E-state index contributed by atoms with van der Waals surface area (Å²) in [5, 5.41) is 14.7. The van der Waals surface area contributed by atoms with Gasteiger partial charge in [-0.05, 0) is 31.7 Å². The fourth-order valence-electron chi connectivity index (χ4n) is 2.79. The summed E-state index contributed by atoms with van der Waals surface area (Å²) >= 11 is 0. The number of rotatable bonds is 6. The second kappa shape index (κ2) is 8.76. The molecular formula is C17H27N3O2. The van der Waals surface area contributed by atoms with Crippen LogP contribution in [0.4, 0.5) is 4.79 Å². The number of nitrogens with zero attached hydrogens (tertiary/aromatic N) is 1. The lowest BCUT2D eigenvalue weighted by atomic mass is 10.0. The summed E-state index contributed by atoms with van der Waals surface area (Å²) in [5.41, 5.74) is 1.34. The molecule has 1 atom stereocenters. The van der Waals surface area contributed by atoms with Crippen molar-refractivity contribution in [1.82, 2.24) is 15.5 Å². The molecule has 0 saturated carbocycles. The minimum absolute atomic E-state index is 0.00293. The lowest BCUT2D eigenvalue weighted by Gasteiger charge is -2.32. The first kappa shape index (κ1) is 16.8. The highest BCUT2D eigenvalue weighted by Crippen LogP contribution is 2.13. The van der Waals surface area contributed by atoms with Crippen molar-refractivity contribution in [3.63, 3.8) is 0 Å². The fraction of sp³-hybridized carbons (Fsp3) is 0.588. The van der Waals surface area contributed by atoms with E-state index in [0.29, 0.717) is 6.42 Å². The zero-order valence-corrected chi connectivity index (χ0v) is 13.3. The van der Waals surface area contributed by atoms with E-state index in [0.717, 1.165) is 32.5 Å². The van der Waals surface area contributed by atoms with Crippen LogP contribution in [-0.4, -0.2) is 47.8 Å². The summed E-state index contributed by atoms with van der Waals surface area (Å²) in [6, 6.07) is 10.6. The van der Waals surface area contributed by atoms with E-state index in [9.17, 15) is 4.79 Å². The van der Waals surface area contributed by atoms with Gasteiger partial charge in [0.05, 0.1) is 0 Å². The van der Waals surface area contributed by atoms with Gasteiger partial charge in [0.1, 0.15) is 0 Å². The topological polar surface area (TPSA) is 64.6 Å².